The molecule has 3 aromatic rings. The molecule has 3 heterocycles. The molecular formula is C20H20ClN5O2S. The molecule has 1 aliphatic rings. The van der Waals surface area contributed by atoms with E-state index in [9.17, 15) is 9.59 Å². The third-order valence-electron chi connectivity index (χ3n) is 4.87. The fourth-order valence-corrected chi connectivity index (χ4v) is 4.45. The van der Waals surface area contributed by atoms with Crippen molar-refractivity contribution in [3.05, 3.63) is 67.5 Å². The number of nitrogens with one attached hydrogen (secondary N) is 1. The Hall–Kier alpha value is -2.55. The van der Waals surface area contributed by atoms with E-state index in [2.05, 4.69) is 27.2 Å². The number of hydrogen-bond acceptors (Lipinski definition) is 6. The molecule has 0 aliphatic carbocycles. The summed E-state index contributed by atoms with van der Waals surface area (Å²) in [6.45, 7) is 6.68. The first-order valence-corrected chi connectivity index (χ1v) is 10.5. The fourth-order valence-electron chi connectivity index (χ4n) is 3.28. The van der Waals surface area contributed by atoms with E-state index < -0.39 is 11.3 Å². The third-order valence-corrected chi connectivity index (χ3v) is 6.12. The van der Waals surface area contributed by atoms with Crippen molar-refractivity contribution < 1.29 is 4.79 Å². The first-order chi connectivity index (χ1) is 13.9. The average molecular weight is 430 g/mol. The summed E-state index contributed by atoms with van der Waals surface area (Å²) in [5.74, 6) is -0.559. The number of halogens is 1. The van der Waals surface area contributed by atoms with Crippen molar-refractivity contribution in [1.29, 1.82) is 0 Å². The highest BCUT2D eigenvalue weighted by Crippen LogP contribution is 2.28. The summed E-state index contributed by atoms with van der Waals surface area (Å²) < 4.78 is 1.55. The van der Waals surface area contributed by atoms with Crippen molar-refractivity contribution in [2.24, 2.45) is 0 Å². The van der Waals surface area contributed by atoms with Crippen molar-refractivity contribution in [3.8, 4) is 5.69 Å². The molecule has 2 aromatic heterocycles. The molecule has 0 atom stereocenters. The molecule has 4 rings (SSSR count). The number of amides is 1. The molecule has 0 unspecified atom stereocenters. The van der Waals surface area contributed by atoms with Crippen LogP contribution in [0.4, 0.5) is 5.13 Å². The highest BCUT2D eigenvalue weighted by Gasteiger charge is 2.22. The fraction of sp³-hybridized carbons (Fsp3) is 0.300. The zero-order valence-electron chi connectivity index (χ0n) is 16.1. The summed E-state index contributed by atoms with van der Waals surface area (Å²) in [7, 11) is 0. The van der Waals surface area contributed by atoms with Gasteiger partial charge in [0.1, 0.15) is 0 Å². The number of aryl methyl sites for hydroxylation is 1. The van der Waals surface area contributed by atoms with E-state index >= 15 is 0 Å². The van der Waals surface area contributed by atoms with Crippen molar-refractivity contribution in [1.82, 2.24) is 19.7 Å². The number of hydrogen-bond donors (Lipinski definition) is 1. The number of thiazole rings is 1. The Morgan fingerprint density at radius 3 is 2.79 bits per heavy atom. The first kappa shape index (κ1) is 19.8. The number of benzene rings is 1. The lowest BCUT2D eigenvalue weighted by molar-refractivity contribution is 0.101. The van der Waals surface area contributed by atoms with Gasteiger partial charge in [0.05, 0.1) is 11.4 Å². The number of aromatic nitrogens is 3. The maximum absolute atomic E-state index is 12.8. The van der Waals surface area contributed by atoms with Gasteiger partial charge in [0, 0.05) is 41.2 Å². The van der Waals surface area contributed by atoms with Crippen LogP contribution in [-0.4, -0.2) is 38.7 Å². The van der Waals surface area contributed by atoms with Crippen LogP contribution in [0.25, 0.3) is 5.69 Å². The minimum Gasteiger partial charge on any atom is -0.298 e. The number of rotatable bonds is 4. The molecule has 29 heavy (non-hydrogen) atoms. The van der Waals surface area contributed by atoms with Gasteiger partial charge in [-0.1, -0.05) is 18.5 Å². The Balaban J connectivity index is 1.61. The Morgan fingerprint density at radius 1 is 1.31 bits per heavy atom. The van der Waals surface area contributed by atoms with Crippen LogP contribution in [0.3, 0.4) is 0 Å². The largest absolute Gasteiger partial charge is 0.298 e. The summed E-state index contributed by atoms with van der Waals surface area (Å²) in [5, 5.41) is 8.14. The van der Waals surface area contributed by atoms with Crippen molar-refractivity contribution in [2.75, 3.05) is 18.4 Å². The van der Waals surface area contributed by atoms with Crippen molar-refractivity contribution >= 4 is 34.0 Å². The molecule has 0 radical (unpaired) electrons. The molecule has 0 saturated heterocycles. The maximum Gasteiger partial charge on any atom is 0.281 e. The monoisotopic (exact) mass is 429 g/mol. The lowest BCUT2D eigenvalue weighted by Crippen LogP contribution is -2.29. The number of carbonyl (C=O) groups is 1. The van der Waals surface area contributed by atoms with E-state index in [0.29, 0.717) is 21.5 Å². The van der Waals surface area contributed by atoms with Crippen LogP contribution in [0.1, 0.15) is 33.7 Å². The molecule has 1 aliphatic heterocycles. The van der Waals surface area contributed by atoms with Gasteiger partial charge in [-0.2, -0.15) is 5.10 Å². The van der Waals surface area contributed by atoms with E-state index in [-0.39, 0.29) is 5.69 Å². The van der Waals surface area contributed by atoms with E-state index in [1.165, 1.54) is 17.4 Å². The van der Waals surface area contributed by atoms with Gasteiger partial charge in [0.2, 0.25) is 5.43 Å². The van der Waals surface area contributed by atoms with E-state index in [4.69, 9.17) is 11.6 Å². The van der Waals surface area contributed by atoms with Gasteiger partial charge in [0.15, 0.2) is 10.8 Å². The zero-order chi connectivity index (χ0) is 20.5. The number of carbonyl (C=O) groups excluding carboxylic acids is 1. The minimum atomic E-state index is -0.559. The molecular weight excluding hydrogens is 410 g/mol. The number of anilines is 1. The molecule has 0 fully saturated rings. The highest BCUT2D eigenvalue weighted by atomic mass is 35.5. The van der Waals surface area contributed by atoms with Crippen molar-refractivity contribution in [3.63, 3.8) is 0 Å². The topological polar surface area (TPSA) is 80.1 Å². The van der Waals surface area contributed by atoms with Gasteiger partial charge in [-0.25, -0.2) is 9.67 Å². The molecule has 0 bridgehead atoms. The van der Waals surface area contributed by atoms with Gasteiger partial charge in [-0.3, -0.25) is 19.8 Å². The molecule has 7 nitrogen and oxygen atoms in total. The molecule has 1 N–H and O–H groups in total. The quantitative estimate of drug-likeness (QED) is 0.688. The van der Waals surface area contributed by atoms with Crippen LogP contribution in [0, 0.1) is 6.92 Å². The Kier molecular flexibility index (Phi) is 5.49. The highest BCUT2D eigenvalue weighted by molar-refractivity contribution is 7.15. The summed E-state index contributed by atoms with van der Waals surface area (Å²) in [5.41, 5.74) is 1.76. The lowest BCUT2D eigenvalue weighted by atomic mass is 10.2. The molecule has 150 valence electrons. The Bertz CT molecular complexity index is 1120. The smallest absolute Gasteiger partial charge is 0.281 e. The second-order valence-electron chi connectivity index (χ2n) is 6.85. The van der Waals surface area contributed by atoms with Crippen molar-refractivity contribution in [2.45, 2.75) is 26.8 Å². The standard InChI is InChI=1S/C20H20ClN5O2S/c1-3-25-9-8-15-17(11-25)29-20(22-15)23-19(28)18-16(27)10-12(2)26(24-18)14-6-4-13(21)5-7-14/h4-7,10H,3,8-9,11H2,1-2H3,(H,22,23,28). The average Bonchev–Trinajstić information content (AvgIpc) is 3.10. The summed E-state index contributed by atoms with van der Waals surface area (Å²) in [4.78, 5) is 33.2. The zero-order valence-corrected chi connectivity index (χ0v) is 17.7. The summed E-state index contributed by atoms with van der Waals surface area (Å²) >= 11 is 7.40. The van der Waals surface area contributed by atoms with Crippen LogP contribution in [0.2, 0.25) is 5.02 Å². The molecule has 1 aromatic carbocycles. The summed E-state index contributed by atoms with van der Waals surface area (Å²) in [6, 6.07) is 8.43. The van der Waals surface area contributed by atoms with Crippen LogP contribution in [0.5, 0.6) is 0 Å². The number of likely N-dealkylation sites (N-methyl/N-ethyl adjacent to an activating group) is 1. The SMILES string of the molecule is CCN1CCc2nc(NC(=O)c3nn(-c4ccc(Cl)cc4)c(C)cc3=O)sc2C1. The molecule has 0 spiro atoms. The first-order valence-electron chi connectivity index (χ1n) is 9.34. The molecule has 0 saturated carbocycles. The number of nitrogens with zero attached hydrogens (tertiary/aromatic N) is 4. The van der Waals surface area contributed by atoms with Gasteiger partial charge in [-0.15, -0.1) is 11.3 Å². The predicted molar refractivity (Wildman–Crippen MR) is 114 cm³/mol. The third kappa shape index (κ3) is 4.10. The van der Waals surface area contributed by atoms with Gasteiger partial charge in [0.25, 0.3) is 5.91 Å². The van der Waals surface area contributed by atoms with Crippen LogP contribution in [0.15, 0.2) is 35.1 Å². The Morgan fingerprint density at radius 2 is 2.07 bits per heavy atom. The van der Waals surface area contributed by atoms with E-state index in [1.54, 1.807) is 35.9 Å². The van der Waals surface area contributed by atoms with E-state index in [0.717, 1.165) is 36.6 Å². The van der Waals surface area contributed by atoms with E-state index in [1.807, 2.05) is 0 Å². The van der Waals surface area contributed by atoms with Gasteiger partial charge < -0.3 is 0 Å². The second kappa shape index (κ2) is 8.06. The van der Waals surface area contributed by atoms with Crippen LogP contribution < -0.4 is 10.7 Å². The van der Waals surface area contributed by atoms with Crippen LogP contribution >= 0.6 is 22.9 Å². The lowest BCUT2D eigenvalue weighted by Gasteiger charge is -2.23. The van der Waals surface area contributed by atoms with Gasteiger partial charge >= 0.3 is 0 Å². The van der Waals surface area contributed by atoms with Crippen LogP contribution in [-0.2, 0) is 13.0 Å². The minimum absolute atomic E-state index is 0.172. The second-order valence-corrected chi connectivity index (χ2v) is 8.37. The predicted octanol–water partition coefficient (Wildman–Crippen LogP) is 3.28. The summed E-state index contributed by atoms with van der Waals surface area (Å²) in [6.07, 6.45) is 0.863. The maximum atomic E-state index is 12.8. The normalized spacial score (nSPS) is 13.9. The molecule has 1 amide bonds. The van der Waals surface area contributed by atoms with Gasteiger partial charge in [-0.05, 0) is 37.7 Å². The molecule has 9 heteroatoms. The Labute approximate surface area is 177 Å². The number of fused-ring (bicyclic) bond motifs is 1.